The quantitative estimate of drug-likeness (QED) is 0.425. The van der Waals surface area contributed by atoms with Crippen molar-refractivity contribution in [3.05, 3.63) is 105 Å². The number of thioether (sulfide) groups is 1. The largest absolute Gasteiger partial charge is 0.346 e. The average molecular weight is 493 g/mol. The Morgan fingerprint density at radius 1 is 1.03 bits per heavy atom. The standard InChI is InChI=1S/C28H29ClN2O2S/c1-17-13-19(3)25(14-18(17)2)20(4)30-27(33)22-7-9-23(10-8-22)28-31(26(32)16-34-28)15-21-5-11-24(29)12-6-21/h5-14,20,28H,15-16H2,1-4H3,(H,30,33). The maximum Gasteiger partial charge on any atom is 0.251 e. The lowest BCUT2D eigenvalue weighted by atomic mass is 9.96. The fraction of sp³-hybridized carbons (Fsp3) is 0.286. The van der Waals surface area contributed by atoms with Crippen molar-refractivity contribution in [3.63, 3.8) is 0 Å². The monoisotopic (exact) mass is 492 g/mol. The van der Waals surface area contributed by atoms with Gasteiger partial charge in [-0.15, -0.1) is 11.8 Å². The molecule has 34 heavy (non-hydrogen) atoms. The summed E-state index contributed by atoms with van der Waals surface area (Å²) in [6.45, 7) is 8.81. The molecule has 1 aliphatic rings. The normalized spacial score (nSPS) is 16.6. The first-order chi connectivity index (χ1) is 16.2. The predicted molar refractivity (Wildman–Crippen MR) is 140 cm³/mol. The maximum absolute atomic E-state index is 12.9. The number of amides is 2. The highest BCUT2D eigenvalue weighted by Crippen LogP contribution is 2.39. The average Bonchev–Trinajstić information content (AvgIpc) is 3.17. The van der Waals surface area contributed by atoms with E-state index in [9.17, 15) is 9.59 Å². The summed E-state index contributed by atoms with van der Waals surface area (Å²) in [6, 6.07) is 19.4. The summed E-state index contributed by atoms with van der Waals surface area (Å²) in [5.74, 6) is 0.460. The Balaban J connectivity index is 1.45. The van der Waals surface area contributed by atoms with E-state index in [-0.39, 0.29) is 23.2 Å². The fourth-order valence-electron chi connectivity index (χ4n) is 4.29. The van der Waals surface area contributed by atoms with Crippen molar-refractivity contribution >= 4 is 35.2 Å². The van der Waals surface area contributed by atoms with Gasteiger partial charge in [0, 0.05) is 17.1 Å². The molecule has 0 aromatic heterocycles. The molecule has 6 heteroatoms. The lowest BCUT2D eigenvalue weighted by Gasteiger charge is -2.24. The molecule has 176 valence electrons. The van der Waals surface area contributed by atoms with E-state index in [1.165, 1.54) is 16.7 Å². The number of carbonyl (C=O) groups excluding carboxylic acids is 2. The zero-order valence-corrected chi connectivity index (χ0v) is 21.5. The smallest absolute Gasteiger partial charge is 0.251 e. The zero-order valence-electron chi connectivity index (χ0n) is 19.9. The molecule has 0 radical (unpaired) electrons. The van der Waals surface area contributed by atoms with Gasteiger partial charge >= 0.3 is 0 Å². The van der Waals surface area contributed by atoms with Crippen LogP contribution in [0.4, 0.5) is 0 Å². The van der Waals surface area contributed by atoms with E-state index in [2.05, 4.69) is 38.2 Å². The first-order valence-corrected chi connectivity index (χ1v) is 12.8. The number of nitrogens with zero attached hydrogens (tertiary/aromatic N) is 1. The van der Waals surface area contributed by atoms with Crippen molar-refractivity contribution in [2.24, 2.45) is 0 Å². The van der Waals surface area contributed by atoms with Crippen LogP contribution in [0.1, 0.15) is 62.1 Å². The third-order valence-corrected chi connectivity index (χ3v) is 7.90. The molecule has 1 aliphatic heterocycles. The molecule has 0 aliphatic carbocycles. The summed E-state index contributed by atoms with van der Waals surface area (Å²) >= 11 is 7.60. The van der Waals surface area contributed by atoms with Crippen molar-refractivity contribution in [2.45, 2.75) is 45.7 Å². The first-order valence-electron chi connectivity index (χ1n) is 11.4. The summed E-state index contributed by atoms with van der Waals surface area (Å²) in [6.07, 6.45) is 0. The summed E-state index contributed by atoms with van der Waals surface area (Å²) in [4.78, 5) is 27.3. The molecule has 0 spiro atoms. The number of nitrogens with one attached hydrogen (secondary N) is 1. The Morgan fingerprint density at radius 3 is 2.35 bits per heavy atom. The highest BCUT2D eigenvalue weighted by atomic mass is 35.5. The van der Waals surface area contributed by atoms with Gasteiger partial charge in [-0.25, -0.2) is 0 Å². The number of benzene rings is 3. The fourth-order valence-corrected chi connectivity index (χ4v) is 5.61. The predicted octanol–water partition coefficient (Wildman–Crippen LogP) is 6.53. The first kappa shape index (κ1) is 24.4. The van der Waals surface area contributed by atoms with Crippen LogP contribution in [0.5, 0.6) is 0 Å². The van der Waals surface area contributed by atoms with Gasteiger partial charge in [0.05, 0.1) is 11.8 Å². The van der Waals surface area contributed by atoms with E-state index in [0.29, 0.717) is 22.9 Å². The van der Waals surface area contributed by atoms with Crippen molar-refractivity contribution in [1.29, 1.82) is 0 Å². The van der Waals surface area contributed by atoms with Gasteiger partial charge in [0.1, 0.15) is 5.37 Å². The highest BCUT2D eigenvalue weighted by Gasteiger charge is 2.32. The molecule has 1 fully saturated rings. The van der Waals surface area contributed by atoms with Gasteiger partial charge in [0.2, 0.25) is 5.91 Å². The molecule has 4 nitrogen and oxygen atoms in total. The number of aryl methyl sites for hydroxylation is 3. The van der Waals surface area contributed by atoms with Crippen LogP contribution in [0.3, 0.4) is 0 Å². The second-order valence-corrected chi connectivity index (χ2v) is 10.4. The Hall–Kier alpha value is -2.76. The number of hydrogen-bond acceptors (Lipinski definition) is 3. The van der Waals surface area contributed by atoms with Gasteiger partial charge < -0.3 is 10.2 Å². The van der Waals surface area contributed by atoms with E-state index in [0.717, 1.165) is 16.7 Å². The minimum Gasteiger partial charge on any atom is -0.346 e. The highest BCUT2D eigenvalue weighted by molar-refractivity contribution is 8.00. The van der Waals surface area contributed by atoms with Gasteiger partial charge in [-0.05, 0) is 85.3 Å². The molecule has 1 heterocycles. The summed E-state index contributed by atoms with van der Waals surface area (Å²) in [7, 11) is 0. The van der Waals surface area contributed by atoms with Crippen molar-refractivity contribution < 1.29 is 9.59 Å². The lowest BCUT2D eigenvalue weighted by Crippen LogP contribution is -2.28. The third-order valence-electron chi connectivity index (χ3n) is 6.39. The van der Waals surface area contributed by atoms with Crippen molar-refractivity contribution in [1.82, 2.24) is 10.2 Å². The molecular weight excluding hydrogens is 464 g/mol. The molecular formula is C28H29ClN2O2S. The van der Waals surface area contributed by atoms with Crippen LogP contribution in [-0.2, 0) is 11.3 Å². The molecule has 3 aromatic rings. The molecule has 2 atom stereocenters. The Kier molecular flexibility index (Phi) is 7.34. The zero-order chi connectivity index (χ0) is 24.4. The third kappa shape index (κ3) is 5.31. The molecule has 2 unspecified atom stereocenters. The van der Waals surface area contributed by atoms with E-state index in [1.54, 1.807) is 11.8 Å². The molecule has 0 bridgehead atoms. The number of rotatable bonds is 6. The van der Waals surface area contributed by atoms with E-state index < -0.39 is 0 Å². The van der Waals surface area contributed by atoms with Gasteiger partial charge in [-0.1, -0.05) is 48.0 Å². The van der Waals surface area contributed by atoms with Gasteiger partial charge in [-0.2, -0.15) is 0 Å². The van der Waals surface area contributed by atoms with E-state index in [1.807, 2.05) is 60.4 Å². The lowest BCUT2D eigenvalue weighted by molar-refractivity contribution is -0.128. The van der Waals surface area contributed by atoms with Crippen molar-refractivity contribution in [2.75, 3.05) is 5.75 Å². The van der Waals surface area contributed by atoms with Crippen LogP contribution < -0.4 is 5.32 Å². The van der Waals surface area contributed by atoms with Crippen LogP contribution in [0.25, 0.3) is 0 Å². The Morgan fingerprint density at radius 2 is 1.68 bits per heavy atom. The summed E-state index contributed by atoms with van der Waals surface area (Å²) < 4.78 is 0. The topological polar surface area (TPSA) is 49.4 Å². The van der Waals surface area contributed by atoms with Gasteiger partial charge in [0.15, 0.2) is 0 Å². The van der Waals surface area contributed by atoms with Crippen LogP contribution >= 0.6 is 23.4 Å². The minimum atomic E-state index is -0.107. The van der Waals surface area contributed by atoms with Crippen LogP contribution in [0, 0.1) is 20.8 Å². The number of halogens is 1. The van der Waals surface area contributed by atoms with Crippen LogP contribution in [-0.4, -0.2) is 22.5 Å². The molecule has 3 aromatic carbocycles. The van der Waals surface area contributed by atoms with Crippen LogP contribution in [0.15, 0.2) is 60.7 Å². The molecule has 0 saturated carbocycles. The van der Waals surface area contributed by atoms with Gasteiger partial charge in [-0.3, -0.25) is 9.59 Å². The molecule has 4 rings (SSSR count). The van der Waals surface area contributed by atoms with E-state index in [4.69, 9.17) is 11.6 Å². The minimum absolute atomic E-state index is 0.0719. The van der Waals surface area contributed by atoms with Gasteiger partial charge in [0.25, 0.3) is 5.91 Å². The molecule has 2 amide bonds. The second kappa shape index (κ2) is 10.2. The van der Waals surface area contributed by atoms with E-state index >= 15 is 0 Å². The van der Waals surface area contributed by atoms with Crippen molar-refractivity contribution in [3.8, 4) is 0 Å². The Labute approximate surface area is 210 Å². The SMILES string of the molecule is Cc1cc(C)c(C(C)NC(=O)c2ccc(C3SCC(=O)N3Cc3ccc(Cl)cc3)cc2)cc1C. The number of hydrogen-bond donors (Lipinski definition) is 1. The molecule has 1 saturated heterocycles. The molecule has 1 N–H and O–H groups in total. The summed E-state index contributed by atoms with van der Waals surface area (Å²) in [5, 5.41) is 3.73. The summed E-state index contributed by atoms with van der Waals surface area (Å²) in [5.41, 5.74) is 7.44. The number of carbonyl (C=O) groups is 2. The van der Waals surface area contributed by atoms with Crippen LogP contribution in [0.2, 0.25) is 5.02 Å². The Bertz CT molecular complexity index is 1210. The second-order valence-electron chi connectivity index (χ2n) is 8.92. The maximum atomic E-state index is 12.9.